The van der Waals surface area contributed by atoms with Crippen LogP contribution < -0.4 is 10.5 Å². The molecule has 0 bridgehead atoms. The highest BCUT2D eigenvalue weighted by molar-refractivity contribution is 6.27. The normalized spacial score (nSPS) is 10.0. The number of amides is 1. The van der Waals surface area contributed by atoms with Gasteiger partial charge in [0.15, 0.2) is 0 Å². The summed E-state index contributed by atoms with van der Waals surface area (Å²) in [5.41, 5.74) is 7.64. The molecular formula is C21H24N2O6. The molecule has 0 heterocycles. The van der Waals surface area contributed by atoms with Crippen molar-refractivity contribution in [3.05, 3.63) is 71.8 Å². The first-order chi connectivity index (χ1) is 13.9. The second kappa shape index (κ2) is 12.7. The van der Waals surface area contributed by atoms with Crippen molar-refractivity contribution in [2.24, 2.45) is 5.73 Å². The molecule has 0 fully saturated rings. The lowest BCUT2D eigenvalue weighted by Gasteiger charge is -2.20. The van der Waals surface area contributed by atoms with Gasteiger partial charge in [-0.25, -0.2) is 9.59 Å². The van der Waals surface area contributed by atoms with Crippen LogP contribution in [0.3, 0.4) is 0 Å². The Kier molecular flexibility index (Phi) is 10.2. The van der Waals surface area contributed by atoms with Crippen molar-refractivity contribution in [1.29, 1.82) is 0 Å². The van der Waals surface area contributed by atoms with Gasteiger partial charge in [0.25, 0.3) is 0 Å². The number of carboxylic acid groups (broad SMARTS) is 2. The van der Waals surface area contributed by atoms with Gasteiger partial charge in [0, 0.05) is 25.7 Å². The van der Waals surface area contributed by atoms with E-state index in [4.69, 9.17) is 30.3 Å². The fourth-order valence-electron chi connectivity index (χ4n) is 2.24. The van der Waals surface area contributed by atoms with Crippen LogP contribution in [0, 0.1) is 0 Å². The van der Waals surface area contributed by atoms with Crippen LogP contribution in [0.25, 0.3) is 6.08 Å². The van der Waals surface area contributed by atoms with Crippen molar-refractivity contribution in [3.8, 4) is 5.75 Å². The number of ether oxygens (including phenoxy) is 1. The lowest BCUT2D eigenvalue weighted by Crippen LogP contribution is -2.33. The molecule has 2 rings (SSSR count). The maximum atomic E-state index is 12.4. The van der Waals surface area contributed by atoms with Crippen LogP contribution in [0.5, 0.6) is 5.75 Å². The Morgan fingerprint density at radius 3 is 2.24 bits per heavy atom. The number of nitrogens with two attached hydrogens (primary N) is 1. The van der Waals surface area contributed by atoms with E-state index in [1.165, 1.54) is 0 Å². The summed E-state index contributed by atoms with van der Waals surface area (Å²) in [5, 5.41) is 14.8. The second-order valence-corrected chi connectivity index (χ2v) is 5.75. The van der Waals surface area contributed by atoms with E-state index < -0.39 is 11.9 Å². The number of methoxy groups -OCH3 is 1. The predicted molar refractivity (Wildman–Crippen MR) is 108 cm³/mol. The predicted octanol–water partition coefficient (Wildman–Crippen LogP) is 1.85. The van der Waals surface area contributed by atoms with Crippen molar-refractivity contribution >= 4 is 23.9 Å². The fourth-order valence-corrected chi connectivity index (χ4v) is 2.24. The van der Waals surface area contributed by atoms with Gasteiger partial charge in [-0.05, 0) is 29.3 Å². The average Bonchev–Trinajstić information content (AvgIpc) is 2.73. The summed E-state index contributed by atoms with van der Waals surface area (Å²) in [7, 11) is 1.62. The van der Waals surface area contributed by atoms with Crippen LogP contribution in [0.1, 0.15) is 11.1 Å². The van der Waals surface area contributed by atoms with E-state index >= 15 is 0 Å². The minimum Gasteiger partial charge on any atom is -0.497 e. The van der Waals surface area contributed by atoms with Crippen molar-refractivity contribution in [2.75, 3.05) is 20.2 Å². The summed E-state index contributed by atoms with van der Waals surface area (Å²) in [4.78, 5) is 32.4. The molecule has 1 amide bonds. The van der Waals surface area contributed by atoms with Crippen LogP contribution in [0.4, 0.5) is 0 Å². The lowest BCUT2D eigenvalue weighted by molar-refractivity contribution is -0.159. The number of benzene rings is 2. The SMILES string of the molecule is COc1cccc(/C=C/C(=O)N(CCN)Cc2ccccc2)c1.O=C(O)C(=O)O. The molecule has 8 nitrogen and oxygen atoms in total. The average molecular weight is 400 g/mol. The van der Waals surface area contributed by atoms with E-state index in [-0.39, 0.29) is 5.91 Å². The van der Waals surface area contributed by atoms with Gasteiger partial charge in [-0.1, -0.05) is 42.5 Å². The first kappa shape index (κ1) is 23.4. The molecule has 0 unspecified atom stereocenters. The Hall–Kier alpha value is -3.65. The van der Waals surface area contributed by atoms with Crippen LogP contribution >= 0.6 is 0 Å². The van der Waals surface area contributed by atoms with Crippen molar-refractivity contribution in [3.63, 3.8) is 0 Å². The Balaban J connectivity index is 0.000000612. The number of carbonyl (C=O) groups excluding carboxylic acids is 1. The number of rotatable bonds is 7. The number of nitrogens with zero attached hydrogens (tertiary/aromatic N) is 1. The fraction of sp³-hybridized carbons (Fsp3) is 0.190. The number of carboxylic acids is 2. The standard InChI is InChI=1S/C19H22N2O2.C2H2O4/c1-23-18-9-5-8-16(14-18)10-11-19(22)21(13-12-20)15-17-6-3-2-4-7-17;3-1(4)2(5)6/h2-11,14H,12-13,15,20H2,1H3;(H,3,4)(H,5,6)/b11-10+;. The minimum atomic E-state index is -1.82. The van der Waals surface area contributed by atoms with Crippen molar-refractivity contribution in [1.82, 2.24) is 4.90 Å². The highest BCUT2D eigenvalue weighted by Gasteiger charge is 2.10. The largest absolute Gasteiger partial charge is 0.497 e. The molecule has 0 saturated heterocycles. The second-order valence-electron chi connectivity index (χ2n) is 5.75. The number of hydrogen-bond donors (Lipinski definition) is 3. The first-order valence-corrected chi connectivity index (χ1v) is 8.68. The minimum absolute atomic E-state index is 0.0536. The summed E-state index contributed by atoms with van der Waals surface area (Å²) in [6, 6.07) is 17.5. The third-order valence-corrected chi connectivity index (χ3v) is 3.62. The topological polar surface area (TPSA) is 130 Å². The van der Waals surface area contributed by atoms with Gasteiger partial charge < -0.3 is 25.6 Å². The first-order valence-electron chi connectivity index (χ1n) is 8.68. The molecule has 0 spiro atoms. The quantitative estimate of drug-likeness (QED) is 0.478. The number of aliphatic carboxylic acids is 2. The maximum absolute atomic E-state index is 12.4. The van der Waals surface area contributed by atoms with Gasteiger partial charge in [-0.2, -0.15) is 0 Å². The molecule has 4 N–H and O–H groups in total. The van der Waals surface area contributed by atoms with Gasteiger partial charge in [-0.3, -0.25) is 4.79 Å². The molecule has 0 radical (unpaired) electrons. The van der Waals surface area contributed by atoms with Gasteiger partial charge >= 0.3 is 11.9 Å². The molecule has 0 aliphatic rings. The summed E-state index contributed by atoms with van der Waals surface area (Å²) >= 11 is 0. The Bertz CT molecular complexity index is 824. The third kappa shape index (κ3) is 9.21. The van der Waals surface area contributed by atoms with Gasteiger partial charge in [0.2, 0.25) is 5.91 Å². The summed E-state index contributed by atoms with van der Waals surface area (Å²) in [6.45, 7) is 1.51. The van der Waals surface area contributed by atoms with Crippen LogP contribution in [0.15, 0.2) is 60.7 Å². The molecule has 2 aromatic rings. The maximum Gasteiger partial charge on any atom is 0.414 e. The zero-order chi connectivity index (χ0) is 21.6. The monoisotopic (exact) mass is 400 g/mol. The van der Waals surface area contributed by atoms with Gasteiger partial charge in [-0.15, -0.1) is 0 Å². The summed E-state index contributed by atoms with van der Waals surface area (Å²) in [5.74, 6) is -2.94. The Labute approximate surface area is 168 Å². The molecule has 0 aromatic heterocycles. The molecular weight excluding hydrogens is 376 g/mol. The smallest absolute Gasteiger partial charge is 0.414 e. The van der Waals surface area contributed by atoms with Gasteiger partial charge in [0.05, 0.1) is 7.11 Å². The van der Waals surface area contributed by atoms with Crippen molar-refractivity contribution in [2.45, 2.75) is 6.54 Å². The molecule has 0 aliphatic heterocycles. The van der Waals surface area contributed by atoms with Crippen LogP contribution in [-0.2, 0) is 20.9 Å². The van der Waals surface area contributed by atoms with E-state index in [2.05, 4.69) is 0 Å². The molecule has 2 aromatic carbocycles. The van der Waals surface area contributed by atoms with E-state index in [1.807, 2.05) is 54.6 Å². The summed E-state index contributed by atoms with van der Waals surface area (Å²) < 4.78 is 5.18. The zero-order valence-corrected chi connectivity index (χ0v) is 16.0. The van der Waals surface area contributed by atoms with Gasteiger partial charge in [0.1, 0.15) is 5.75 Å². The highest BCUT2D eigenvalue weighted by Crippen LogP contribution is 2.14. The Morgan fingerprint density at radius 2 is 1.69 bits per heavy atom. The molecule has 29 heavy (non-hydrogen) atoms. The number of carbonyl (C=O) groups is 3. The zero-order valence-electron chi connectivity index (χ0n) is 16.0. The van der Waals surface area contributed by atoms with Crippen LogP contribution in [0.2, 0.25) is 0 Å². The molecule has 154 valence electrons. The number of hydrogen-bond acceptors (Lipinski definition) is 5. The van der Waals surface area contributed by atoms with Crippen LogP contribution in [-0.4, -0.2) is 53.2 Å². The van der Waals surface area contributed by atoms with E-state index in [9.17, 15) is 4.79 Å². The third-order valence-electron chi connectivity index (χ3n) is 3.62. The molecule has 8 heteroatoms. The summed E-state index contributed by atoms with van der Waals surface area (Å²) in [6.07, 6.45) is 3.37. The highest BCUT2D eigenvalue weighted by atomic mass is 16.5. The molecule has 0 aliphatic carbocycles. The van der Waals surface area contributed by atoms with Crippen molar-refractivity contribution < 1.29 is 29.3 Å². The van der Waals surface area contributed by atoms with E-state index in [1.54, 1.807) is 24.2 Å². The lowest BCUT2D eigenvalue weighted by atomic mass is 10.2. The molecule has 0 saturated carbocycles. The van der Waals surface area contributed by atoms with E-state index in [0.717, 1.165) is 16.9 Å². The Morgan fingerprint density at radius 1 is 1.03 bits per heavy atom. The van der Waals surface area contributed by atoms with E-state index in [0.29, 0.717) is 19.6 Å². The molecule has 0 atom stereocenters.